The van der Waals surface area contributed by atoms with E-state index < -0.39 is 18.0 Å². The van der Waals surface area contributed by atoms with Crippen LogP contribution in [0.15, 0.2) is 12.3 Å². The van der Waals surface area contributed by atoms with Gasteiger partial charge in [-0.3, -0.25) is 4.68 Å². The molecule has 0 radical (unpaired) electrons. The number of urea groups is 1. The highest BCUT2D eigenvalue weighted by Crippen LogP contribution is 1.94. The van der Waals surface area contributed by atoms with Crippen molar-refractivity contribution in [2.45, 2.75) is 19.0 Å². The van der Waals surface area contributed by atoms with Crippen LogP contribution in [0.3, 0.4) is 0 Å². The summed E-state index contributed by atoms with van der Waals surface area (Å²) in [6.07, 6.45) is 1.70. The first-order valence-corrected chi connectivity index (χ1v) is 5.39. The van der Waals surface area contributed by atoms with Gasteiger partial charge < -0.3 is 20.8 Å². The maximum absolute atomic E-state index is 11.4. The Morgan fingerprint density at radius 3 is 2.78 bits per heavy atom. The van der Waals surface area contributed by atoms with Gasteiger partial charge in [0, 0.05) is 26.3 Å². The second-order valence-corrected chi connectivity index (χ2v) is 3.71. The van der Waals surface area contributed by atoms with Crippen molar-refractivity contribution < 1.29 is 19.8 Å². The molecule has 1 atom stereocenters. The van der Waals surface area contributed by atoms with Gasteiger partial charge in [-0.15, -0.1) is 0 Å². The van der Waals surface area contributed by atoms with E-state index in [1.54, 1.807) is 24.0 Å². The van der Waals surface area contributed by atoms with Gasteiger partial charge >= 0.3 is 12.0 Å². The number of carbonyl (C=O) groups excluding carboxylic acids is 1. The number of hydrogen-bond donors (Lipinski definition) is 4. The van der Waals surface area contributed by atoms with Crippen molar-refractivity contribution in [3.8, 4) is 0 Å². The molecule has 8 nitrogen and oxygen atoms in total. The minimum atomic E-state index is -1.18. The third kappa shape index (κ3) is 4.42. The zero-order chi connectivity index (χ0) is 13.5. The molecule has 0 aliphatic heterocycles. The van der Waals surface area contributed by atoms with Crippen LogP contribution in [0.25, 0.3) is 0 Å². The predicted octanol–water partition coefficient (Wildman–Crippen LogP) is -0.945. The number of nitrogens with zero attached hydrogens (tertiary/aromatic N) is 2. The molecule has 0 fully saturated rings. The van der Waals surface area contributed by atoms with Crippen LogP contribution in [0, 0.1) is 0 Å². The van der Waals surface area contributed by atoms with Crippen molar-refractivity contribution >= 4 is 12.0 Å². The van der Waals surface area contributed by atoms with Gasteiger partial charge in [-0.05, 0) is 6.07 Å². The van der Waals surface area contributed by atoms with Crippen molar-refractivity contribution in [2.75, 3.05) is 6.61 Å². The molecule has 0 aromatic carbocycles. The van der Waals surface area contributed by atoms with Gasteiger partial charge in [0.05, 0.1) is 12.2 Å². The van der Waals surface area contributed by atoms with Crippen molar-refractivity contribution in [2.24, 2.45) is 7.05 Å². The number of aliphatic hydroxyl groups is 1. The van der Waals surface area contributed by atoms with Gasteiger partial charge in [-0.25, -0.2) is 9.59 Å². The first-order valence-electron chi connectivity index (χ1n) is 5.39. The summed E-state index contributed by atoms with van der Waals surface area (Å²) in [5.41, 5.74) is 0.668. The van der Waals surface area contributed by atoms with E-state index in [2.05, 4.69) is 15.7 Å². The van der Waals surface area contributed by atoms with Crippen LogP contribution in [0.2, 0.25) is 0 Å². The molecule has 0 saturated carbocycles. The maximum Gasteiger partial charge on any atom is 0.326 e. The number of amides is 2. The highest BCUT2D eigenvalue weighted by Gasteiger charge is 2.18. The minimum Gasteiger partial charge on any atom is -0.480 e. The summed E-state index contributed by atoms with van der Waals surface area (Å²) >= 11 is 0. The Labute approximate surface area is 104 Å². The number of carboxylic acid groups (broad SMARTS) is 1. The van der Waals surface area contributed by atoms with E-state index in [-0.39, 0.29) is 19.6 Å². The molecule has 0 bridgehead atoms. The molecule has 1 heterocycles. The summed E-state index contributed by atoms with van der Waals surface area (Å²) in [4.78, 5) is 22.1. The van der Waals surface area contributed by atoms with Crippen LogP contribution in [0.5, 0.6) is 0 Å². The Hall–Kier alpha value is -2.09. The van der Waals surface area contributed by atoms with Crippen LogP contribution in [-0.2, 0) is 18.4 Å². The number of aromatic nitrogens is 2. The Balaban J connectivity index is 2.38. The summed E-state index contributed by atoms with van der Waals surface area (Å²) in [5, 5.41) is 26.2. The average Bonchev–Trinajstić information content (AvgIpc) is 2.72. The van der Waals surface area contributed by atoms with E-state index in [0.29, 0.717) is 5.69 Å². The Morgan fingerprint density at radius 2 is 2.28 bits per heavy atom. The highest BCUT2D eigenvalue weighted by atomic mass is 16.4. The first kappa shape index (κ1) is 14.0. The quantitative estimate of drug-likeness (QED) is 0.524. The van der Waals surface area contributed by atoms with Gasteiger partial charge in [0.25, 0.3) is 0 Å². The van der Waals surface area contributed by atoms with Gasteiger partial charge in [-0.2, -0.15) is 5.10 Å². The molecular formula is C10H16N4O4. The second kappa shape index (κ2) is 6.60. The molecule has 1 rings (SSSR count). The summed E-state index contributed by atoms with van der Waals surface area (Å²) < 4.78 is 1.60. The smallest absolute Gasteiger partial charge is 0.326 e. The number of carbonyl (C=O) groups is 2. The van der Waals surface area contributed by atoms with Crippen molar-refractivity contribution in [1.29, 1.82) is 0 Å². The molecule has 2 amide bonds. The zero-order valence-electron chi connectivity index (χ0n) is 9.96. The number of aliphatic hydroxyl groups excluding tert-OH is 1. The average molecular weight is 256 g/mol. The SMILES string of the molecule is Cn1ccc(CNC(=O)N[C@H](CCO)C(=O)O)n1. The molecule has 0 spiro atoms. The van der Waals surface area contributed by atoms with E-state index in [1.165, 1.54) is 0 Å². The molecular weight excluding hydrogens is 240 g/mol. The molecule has 1 aromatic heterocycles. The fourth-order valence-electron chi connectivity index (χ4n) is 1.32. The second-order valence-electron chi connectivity index (χ2n) is 3.71. The lowest BCUT2D eigenvalue weighted by Gasteiger charge is -2.13. The fraction of sp³-hybridized carbons (Fsp3) is 0.500. The Kier molecular flexibility index (Phi) is 5.12. The molecule has 18 heavy (non-hydrogen) atoms. The van der Waals surface area contributed by atoms with E-state index >= 15 is 0 Å². The molecule has 0 aliphatic rings. The Bertz CT molecular complexity index is 418. The molecule has 8 heteroatoms. The number of aryl methyl sites for hydroxylation is 1. The zero-order valence-corrected chi connectivity index (χ0v) is 9.96. The summed E-state index contributed by atoms with van der Waals surface area (Å²) in [6.45, 7) is -0.102. The van der Waals surface area contributed by atoms with Gasteiger partial charge in [-0.1, -0.05) is 0 Å². The van der Waals surface area contributed by atoms with E-state index in [1.807, 2.05) is 0 Å². The van der Waals surface area contributed by atoms with E-state index in [4.69, 9.17) is 10.2 Å². The molecule has 4 N–H and O–H groups in total. The summed E-state index contributed by atoms with van der Waals surface area (Å²) in [5.74, 6) is -1.18. The maximum atomic E-state index is 11.4. The predicted molar refractivity (Wildman–Crippen MR) is 61.7 cm³/mol. The van der Waals surface area contributed by atoms with Gasteiger partial charge in [0.2, 0.25) is 0 Å². The normalized spacial score (nSPS) is 11.9. The van der Waals surface area contributed by atoms with Gasteiger partial charge in [0.15, 0.2) is 0 Å². The lowest BCUT2D eigenvalue weighted by molar-refractivity contribution is -0.139. The molecule has 1 aromatic rings. The summed E-state index contributed by atoms with van der Waals surface area (Å²) in [7, 11) is 1.76. The van der Waals surface area contributed by atoms with Crippen molar-refractivity contribution in [1.82, 2.24) is 20.4 Å². The molecule has 0 saturated heterocycles. The van der Waals surface area contributed by atoms with E-state index in [9.17, 15) is 9.59 Å². The van der Waals surface area contributed by atoms with Crippen LogP contribution in [0.1, 0.15) is 12.1 Å². The number of hydrogen-bond acceptors (Lipinski definition) is 4. The largest absolute Gasteiger partial charge is 0.480 e. The lowest BCUT2D eigenvalue weighted by atomic mass is 10.2. The molecule has 100 valence electrons. The third-order valence-electron chi connectivity index (χ3n) is 2.22. The number of carboxylic acids is 1. The van der Waals surface area contributed by atoms with Crippen LogP contribution in [-0.4, -0.2) is 44.6 Å². The molecule has 0 unspecified atom stereocenters. The number of aliphatic carboxylic acids is 1. The fourth-order valence-corrected chi connectivity index (χ4v) is 1.32. The topological polar surface area (TPSA) is 116 Å². The van der Waals surface area contributed by atoms with Crippen LogP contribution >= 0.6 is 0 Å². The summed E-state index contributed by atoms with van der Waals surface area (Å²) in [6, 6.07) is 0.0307. The number of rotatable bonds is 6. The third-order valence-corrected chi connectivity index (χ3v) is 2.22. The lowest BCUT2D eigenvalue weighted by Crippen LogP contribution is -2.46. The highest BCUT2D eigenvalue weighted by molar-refractivity contribution is 5.82. The van der Waals surface area contributed by atoms with Crippen molar-refractivity contribution in [3.05, 3.63) is 18.0 Å². The minimum absolute atomic E-state index is 0.0354. The Morgan fingerprint density at radius 1 is 1.56 bits per heavy atom. The van der Waals surface area contributed by atoms with Crippen LogP contribution in [0.4, 0.5) is 4.79 Å². The van der Waals surface area contributed by atoms with Gasteiger partial charge in [0.1, 0.15) is 6.04 Å². The molecule has 0 aliphatic carbocycles. The van der Waals surface area contributed by atoms with Crippen LogP contribution < -0.4 is 10.6 Å². The number of nitrogens with one attached hydrogen (secondary N) is 2. The first-order chi connectivity index (χ1) is 8.52. The monoisotopic (exact) mass is 256 g/mol. The van der Waals surface area contributed by atoms with E-state index in [0.717, 1.165) is 0 Å². The standard InChI is InChI=1S/C10H16N4O4/c1-14-4-2-7(13-14)6-11-10(18)12-8(3-5-15)9(16)17/h2,4,8,15H,3,5-6H2,1H3,(H,16,17)(H2,11,12,18)/t8-/m1/s1. The van der Waals surface area contributed by atoms with Crippen molar-refractivity contribution in [3.63, 3.8) is 0 Å².